The van der Waals surface area contributed by atoms with Gasteiger partial charge in [0, 0.05) is 27.2 Å². The average Bonchev–Trinajstić information content (AvgIpc) is 2.91. The van der Waals surface area contributed by atoms with Crippen LogP contribution in [0.4, 0.5) is 5.69 Å². The van der Waals surface area contributed by atoms with Crippen LogP contribution in [-0.4, -0.2) is 27.1 Å². The Morgan fingerprint density at radius 3 is 2.46 bits per heavy atom. The van der Waals surface area contributed by atoms with E-state index in [0.29, 0.717) is 27.2 Å². The van der Waals surface area contributed by atoms with Crippen LogP contribution in [0.15, 0.2) is 36.4 Å². The minimum absolute atomic E-state index is 0.119. The fourth-order valence-corrected chi connectivity index (χ4v) is 3.30. The molecule has 8 heteroatoms. The van der Waals surface area contributed by atoms with Gasteiger partial charge in [0.05, 0.1) is 10.6 Å². The summed E-state index contributed by atoms with van der Waals surface area (Å²) in [5, 5.41) is 20.0. The number of nitrogens with two attached hydrogens (primary N) is 1. The number of H-pyrrole nitrogens is 1. The predicted molar refractivity (Wildman–Crippen MR) is 102 cm³/mol. The van der Waals surface area contributed by atoms with E-state index in [1.54, 1.807) is 18.2 Å². The number of aromatic nitrogens is 1. The lowest BCUT2D eigenvalue weighted by molar-refractivity contribution is -0.130. The van der Waals surface area contributed by atoms with Crippen molar-refractivity contribution in [2.75, 3.05) is 5.73 Å². The Kier molecular flexibility index (Phi) is 4.63. The number of benzene rings is 2. The summed E-state index contributed by atoms with van der Waals surface area (Å²) in [7, 11) is 0. The fourth-order valence-electron chi connectivity index (χ4n) is 2.71. The van der Waals surface area contributed by atoms with Gasteiger partial charge in [-0.05, 0) is 35.9 Å². The van der Waals surface area contributed by atoms with Crippen molar-refractivity contribution in [3.63, 3.8) is 0 Å². The Balaban J connectivity index is 2.35. The van der Waals surface area contributed by atoms with Crippen molar-refractivity contribution < 1.29 is 19.8 Å². The fraction of sp³-hybridized carbons (Fsp3) is 0. The number of nitrogens with one attached hydrogen (secondary N) is 1. The number of rotatable bonds is 4. The molecule has 6 nitrogen and oxygen atoms in total. The van der Waals surface area contributed by atoms with E-state index >= 15 is 0 Å². The van der Waals surface area contributed by atoms with E-state index in [2.05, 4.69) is 4.98 Å². The van der Waals surface area contributed by atoms with E-state index in [9.17, 15) is 19.8 Å². The third kappa shape index (κ3) is 3.24. The lowest BCUT2D eigenvalue weighted by Gasteiger charge is -2.05. The second-order valence-corrected chi connectivity index (χ2v) is 6.36. The molecule has 0 amide bonds. The highest BCUT2D eigenvalue weighted by atomic mass is 35.5. The maximum absolute atomic E-state index is 11.8. The molecule has 0 saturated heterocycles. The van der Waals surface area contributed by atoms with Gasteiger partial charge in [-0.2, -0.15) is 0 Å². The Morgan fingerprint density at radius 2 is 1.85 bits per heavy atom. The largest absolute Gasteiger partial charge is 0.478 e. The van der Waals surface area contributed by atoms with Gasteiger partial charge in [0.25, 0.3) is 0 Å². The van der Waals surface area contributed by atoms with E-state index < -0.39 is 11.9 Å². The van der Waals surface area contributed by atoms with Crippen molar-refractivity contribution in [1.29, 1.82) is 0 Å². The molecule has 2 aromatic carbocycles. The number of carboxylic acid groups (broad SMARTS) is 2. The zero-order valence-corrected chi connectivity index (χ0v) is 14.6. The number of hydrogen-bond acceptors (Lipinski definition) is 3. The summed E-state index contributed by atoms with van der Waals surface area (Å²) >= 11 is 12.2. The highest BCUT2D eigenvalue weighted by molar-refractivity contribution is 6.39. The van der Waals surface area contributed by atoms with Gasteiger partial charge < -0.3 is 20.9 Å². The maximum atomic E-state index is 11.8. The number of aliphatic carboxylic acids is 1. The molecule has 3 rings (SSSR count). The van der Waals surface area contributed by atoms with Crippen LogP contribution in [0.5, 0.6) is 0 Å². The summed E-state index contributed by atoms with van der Waals surface area (Å²) in [5.41, 5.74) is 6.68. The van der Waals surface area contributed by atoms with Gasteiger partial charge in [0.2, 0.25) is 0 Å². The van der Waals surface area contributed by atoms with Crippen LogP contribution < -0.4 is 5.73 Å². The van der Waals surface area contributed by atoms with Crippen LogP contribution in [-0.2, 0) is 4.79 Å². The lowest BCUT2D eigenvalue weighted by atomic mass is 10.0. The van der Waals surface area contributed by atoms with Crippen molar-refractivity contribution in [2.45, 2.75) is 0 Å². The number of aromatic amines is 1. The van der Waals surface area contributed by atoms with Gasteiger partial charge in [-0.25, -0.2) is 9.59 Å². The third-order valence-electron chi connectivity index (χ3n) is 3.78. The quantitative estimate of drug-likeness (QED) is 0.389. The summed E-state index contributed by atoms with van der Waals surface area (Å²) < 4.78 is 0. The number of nitrogen functional groups attached to an aromatic ring is 1. The molecular formula is C18H12Cl2N2O4. The van der Waals surface area contributed by atoms with E-state index in [-0.39, 0.29) is 21.9 Å². The van der Waals surface area contributed by atoms with Crippen molar-refractivity contribution in [2.24, 2.45) is 0 Å². The third-order valence-corrected chi connectivity index (χ3v) is 4.30. The molecule has 0 bridgehead atoms. The first-order valence-electron chi connectivity index (χ1n) is 7.33. The van der Waals surface area contributed by atoms with Gasteiger partial charge in [0.1, 0.15) is 5.69 Å². The molecule has 0 saturated carbocycles. The Labute approximate surface area is 157 Å². The van der Waals surface area contributed by atoms with Crippen LogP contribution in [0.1, 0.15) is 21.6 Å². The number of aromatic carboxylic acids is 1. The number of hydrogen-bond donors (Lipinski definition) is 4. The number of halogens is 2. The summed E-state index contributed by atoms with van der Waals surface area (Å²) in [6, 6.07) is 9.28. The molecule has 1 aromatic heterocycles. The topological polar surface area (TPSA) is 116 Å². The molecule has 0 unspecified atom stereocenters. The van der Waals surface area contributed by atoms with Crippen LogP contribution in [0.2, 0.25) is 10.0 Å². The molecule has 26 heavy (non-hydrogen) atoms. The Bertz CT molecular complexity index is 1090. The second-order valence-electron chi connectivity index (χ2n) is 5.52. The predicted octanol–water partition coefficient (Wildman–Crippen LogP) is 4.38. The molecule has 0 aliphatic heterocycles. The van der Waals surface area contributed by atoms with Gasteiger partial charge in [-0.1, -0.05) is 35.3 Å². The minimum atomic E-state index is -1.25. The lowest BCUT2D eigenvalue weighted by Crippen LogP contribution is -2.03. The standard InChI is InChI=1S/C18H12Cl2N2O4/c19-9-5-13(20)15-12(16(18(25)26)22-14(15)6-9)7-11(17(23)24)8-2-1-3-10(21)4-8/h1-7,22H,21H2,(H,23,24)(H,25,26)/b11-7-. The zero-order chi connectivity index (χ0) is 19.0. The molecule has 0 spiro atoms. The SMILES string of the molecule is Nc1cccc(/C(=C/c2c(C(=O)O)[nH]c3cc(Cl)cc(Cl)c23)C(=O)O)c1. The van der Waals surface area contributed by atoms with Crippen molar-refractivity contribution in [3.8, 4) is 0 Å². The molecule has 5 N–H and O–H groups in total. The van der Waals surface area contributed by atoms with Crippen molar-refractivity contribution in [1.82, 2.24) is 4.98 Å². The Hall–Kier alpha value is -2.96. The molecular weight excluding hydrogens is 379 g/mol. The van der Waals surface area contributed by atoms with E-state index in [0.717, 1.165) is 0 Å². The first-order chi connectivity index (χ1) is 12.3. The van der Waals surface area contributed by atoms with Crippen molar-refractivity contribution >= 4 is 63.4 Å². The van der Waals surface area contributed by atoms with Gasteiger partial charge in [-0.15, -0.1) is 0 Å². The van der Waals surface area contributed by atoms with Crippen LogP contribution in [0, 0.1) is 0 Å². The molecule has 0 atom stereocenters. The second kappa shape index (κ2) is 6.74. The summed E-state index contributed by atoms with van der Waals surface area (Å²) in [6.45, 7) is 0. The van der Waals surface area contributed by atoms with Crippen molar-refractivity contribution in [3.05, 3.63) is 63.3 Å². The van der Waals surface area contributed by atoms with Crippen LogP contribution in [0.3, 0.4) is 0 Å². The first kappa shape index (κ1) is 17.8. The monoisotopic (exact) mass is 390 g/mol. The highest BCUT2D eigenvalue weighted by Crippen LogP contribution is 2.35. The smallest absolute Gasteiger partial charge is 0.352 e. The number of anilines is 1. The summed E-state index contributed by atoms with van der Waals surface area (Å²) in [6.07, 6.45) is 1.26. The number of fused-ring (bicyclic) bond motifs is 1. The molecule has 0 radical (unpaired) electrons. The van der Waals surface area contributed by atoms with Gasteiger partial charge >= 0.3 is 11.9 Å². The van der Waals surface area contributed by atoms with Gasteiger partial charge in [0.15, 0.2) is 0 Å². The van der Waals surface area contributed by atoms with Gasteiger partial charge in [-0.3, -0.25) is 0 Å². The number of carbonyl (C=O) groups is 2. The highest BCUT2D eigenvalue weighted by Gasteiger charge is 2.21. The number of carboxylic acids is 2. The van der Waals surface area contributed by atoms with Crippen LogP contribution in [0.25, 0.3) is 22.6 Å². The molecule has 132 valence electrons. The average molecular weight is 391 g/mol. The van der Waals surface area contributed by atoms with Crippen LogP contribution >= 0.6 is 23.2 Å². The minimum Gasteiger partial charge on any atom is -0.478 e. The first-order valence-corrected chi connectivity index (χ1v) is 8.08. The summed E-state index contributed by atoms with van der Waals surface area (Å²) in [4.78, 5) is 26.1. The zero-order valence-electron chi connectivity index (χ0n) is 13.1. The van der Waals surface area contributed by atoms with E-state index in [1.165, 1.54) is 24.3 Å². The normalized spacial score (nSPS) is 11.7. The maximum Gasteiger partial charge on any atom is 0.352 e. The van der Waals surface area contributed by atoms with E-state index in [4.69, 9.17) is 28.9 Å². The molecule has 1 heterocycles. The summed E-state index contributed by atoms with van der Waals surface area (Å²) in [5.74, 6) is -2.48. The molecule has 0 aliphatic rings. The van der Waals surface area contributed by atoms with E-state index in [1.807, 2.05) is 0 Å². The molecule has 3 aromatic rings. The Morgan fingerprint density at radius 1 is 1.12 bits per heavy atom. The molecule has 0 fully saturated rings. The molecule has 0 aliphatic carbocycles.